The van der Waals surface area contributed by atoms with Crippen molar-refractivity contribution in [3.8, 4) is 22.6 Å². The first-order valence-corrected chi connectivity index (χ1v) is 10.3. The topological polar surface area (TPSA) is 80.9 Å². The second kappa shape index (κ2) is 9.09. The molecule has 7 heteroatoms. The number of halogens is 1. The molecule has 0 aliphatic rings. The van der Waals surface area contributed by atoms with Crippen molar-refractivity contribution >= 4 is 5.91 Å². The van der Waals surface area contributed by atoms with Crippen LogP contribution in [-0.2, 0) is 6.54 Å². The van der Waals surface area contributed by atoms with Gasteiger partial charge in [0, 0.05) is 30.3 Å². The van der Waals surface area contributed by atoms with Crippen LogP contribution in [0, 0.1) is 12.7 Å². The fourth-order valence-corrected chi connectivity index (χ4v) is 3.27. The lowest BCUT2D eigenvalue weighted by Gasteiger charge is -2.11. The van der Waals surface area contributed by atoms with E-state index in [-0.39, 0.29) is 18.0 Å². The quantitative estimate of drug-likeness (QED) is 0.449. The predicted octanol–water partition coefficient (Wildman–Crippen LogP) is 5.30. The zero-order valence-electron chi connectivity index (χ0n) is 18.1. The summed E-state index contributed by atoms with van der Waals surface area (Å²) < 4.78 is 19.2. The van der Waals surface area contributed by atoms with Crippen LogP contribution in [0.1, 0.15) is 47.2 Å². The molecule has 4 rings (SSSR count). The largest absolute Gasteiger partial charge is 0.356 e. The van der Waals surface area contributed by atoms with Gasteiger partial charge in [-0.25, -0.2) is 14.4 Å². The molecule has 0 saturated heterocycles. The molecule has 0 atom stereocenters. The summed E-state index contributed by atoms with van der Waals surface area (Å²) in [4.78, 5) is 21.5. The Morgan fingerprint density at radius 2 is 1.88 bits per heavy atom. The minimum absolute atomic E-state index is 0.0262. The standard InChI is InChI=1S/C25H23FN4O2/c1-15(2)24-27-14-20(22-12-16(3)30-32-22)23(29-24)18-10-8-17(9-11-18)13-28-25(31)19-6-4-5-7-21(19)26/h4-12,14-15H,13H2,1-3H3,(H,28,31). The number of nitrogens with one attached hydrogen (secondary N) is 1. The third-order valence-corrected chi connectivity index (χ3v) is 5.02. The van der Waals surface area contributed by atoms with E-state index in [1.54, 1.807) is 18.3 Å². The molecule has 4 aromatic rings. The van der Waals surface area contributed by atoms with Crippen molar-refractivity contribution in [1.82, 2.24) is 20.4 Å². The summed E-state index contributed by atoms with van der Waals surface area (Å²) in [5.41, 5.74) is 4.09. The molecule has 0 aliphatic carbocycles. The molecule has 1 amide bonds. The van der Waals surface area contributed by atoms with Crippen molar-refractivity contribution < 1.29 is 13.7 Å². The van der Waals surface area contributed by atoms with Crippen molar-refractivity contribution in [3.63, 3.8) is 0 Å². The molecule has 0 saturated carbocycles. The summed E-state index contributed by atoms with van der Waals surface area (Å²) in [6, 6.07) is 15.4. The summed E-state index contributed by atoms with van der Waals surface area (Å²) >= 11 is 0. The molecule has 2 heterocycles. The number of carbonyl (C=O) groups is 1. The van der Waals surface area contributed by atoms with E-state index < -0.39 is 11.7 Å². The Morgan fingerprint density at radius 1 is 1.12 bits per heavy atom. The average molecular weight is 430 g/mol. The fourth-order valence-electron chi connectivity index (χ4n) is 3.27. The second-order valence-electron chi connectivity index (χ2n) is 7.84. The van der Waals surface area contributed by atoms with Crippen LogP contribution in [0.5, 0.6) is 0 Å². The number of aromatic nitrogens is 3. The minimum atomic E-state index is -0.541. The summed E-state index contributed by atoms with van der Waals surface area (Å²) in [7, 11) is 0. The summed E-state index contributed by atoms with van der Waals surface area (Å²) in [6.45, 7) is 6.22. The predicted molar refractivity (Wildman–Crippen MR) is 119 cm³/mol. The Bertz CT molecular complexity index is 1250. The molecule has 0 aliphatic heterocycles. The van der Waals surface area contributed by atoms with Crippen LogP contribution in [0.2, 0.25) is 0 Å². The van der Waals surface area contributed by atoms with Crippen LogP contribution in [-0.4, -0.2) is 21.0 Å². The van der Waals surface area contributed by atoms with E-state index in [1.165, 1.54) is 12.1 Å². The molecule has 2 aromatic carbocycles. The van der Waals surface area contributed by atoms with E-state index in [0.717, 1.165) is 33.9 Å². The van der Waals surface area contributed by atoms with E-state index >= 15 is 0 Å². The van der Waals surface area contributed by atoms with Crippen molar-refractivity contribution in [2.24, 2.45) is 0 Å². The summed E-state index contributed by atoms with van der Waals surface area (Å²) in [6.07, 6.45) is 1.76. The molecule has 32 heavy (non-hydrogen) atoms. The zero-order chi connectivity index (χ0) is 22.7. The lowest BCUT2D eigenvalue weighted by molar-refractivity contribution is 0.0947. The van der Waals surface area contributed by atoms with Gasteiger partial charge in [-0.1, -0.05) is 55.4 Å². The number of hydrogen-bond donors (Lipinski definition) is 1. The average Bonchev–Trinajstić information content (AvgIpc) is 3.23. The third-order valence-electron chi connectivity index (χ3n) is 5.02. The number of amides is 1. The smallest absolute Gasteiger partial charge is 0.254 e. The highest BCUT2D eigenvalue weighted by molar-refractivity contribution is 5.94. The normalized spacial score (nSPS) is 11.0. The highest BCUT2D eigenvalue weighted by Gasteiger charge is 2.17. The van der Waals surface area contributed by atoms with Gasteiger partial charge in [-0.3, -0.25) is 4.79 Å². The van der Waals surface area contributed by atoms with Gasteiger partial charge < -0.3 is 9.84 Å². The van der Waals surface area contributed by atoms with Gasteiger partial charge in [-0.05, 0) is 24.6 Å². The van der Waals surface area contributed by atoms with E-state index in [1.807, 2.05) is 51.1 Å². The van der Waals surface area contributed by atoms with E-state index in [9.17, 15) is 9.18 Å². The van der Waals surface area contributed by atoms with Gasteiger partial charge in [-0.2, -0.15) is 0 Å². The number of rotatable bonds is 6. The summed E-state index contributed by atoms with van der Waals surface area (Å²) in [5, 5.41) is 6.73. The van der Waals surface area contributed by atoms with Gasteiger partial charge in [-0.15, -0.1) is 0 Å². The molecule has 0 radical (unpaired) electrons. The van der Waals surface area contributed by atoms with E-state index in [4.69, 9.17) is 9.51 Å². The lowest BCUT2D eigenvalue weighted by atomic mass is 10.0. The number of hydrogen-bond acceptors (Lipinski definition) is 5. The summed E-state index contributed by atoms with van der Waals surface area (Å²) in [5.74, 6) is 0.523. The Hall–Kier alpha value is -3.87. The van der Waals surface area contributed by atoms with Crippen LogP contribution in [0.15, 0.2) is 65.3 Å². The van der Waals surface area contributed by atoms with Crippen LogP contribution in [0.3, 0.4) is 0 Å². The molecule has 1 N–H and O–H groups in total. The second-order valence-corrected chi connectivity index (χ2v) is 7.84. The molecule has 0 fully saturated rings. The first-order chi connectivity index (χ1) is 15.4. The number of aryl methyl sites for hydroxylation is 1. The zero-order valence-corrected chi connectivity index (χ0v) is 18.1. The number of carbonyl (C=O) groups excluding carboxylic acids is 1. The molecule has 0 bridgehead atoms. The van der Waals surface area contributed by atoms with Gasteiger partial charge >= 0.3 is 0 Å². The lowest BCUT2D eigenvalue weighted by Crippen LogP contribution is -2.23. The molecule has 0 spiro atoms. The van der Waals surface area contributed by atoms with Gasteiger partial charge in [0.1, 0.15) is 11.6 Å². The van der Waals surface area contributed by atoms with E-state index in [2.05, 4.69) is 15.5 Å². The minimum Gasteiger partial charge on any atom is -0.356 e. The number of nitrogens with zero attached hydrogens (tertiary/aromatic N) is 3. The van der Waals surface area contributed by atoms with Crippen LogP contribution in [0.4, 0.5) is 4.39 Å². The Morgan fingerprint density at radius 3 is 2.53 bits per heavy atom. The molecule has 162 valence electrons. The van der Waals surface area contributed by atoms with Gasteiger partial charge in [0.15, 0.2) is 5.76 Å². The molecule has 0 unspecified atom stereocenters. The first-order valence-electron chi connectivity index (χ1n) is 10.3. The van der Waals surface area contributed by atoms with Crippen molar-refractivity contribution in [1.29, 1.82) is 0 Å². The monoisotopic (exact) mass is 430 g/mol. The molecular weight excluding hydrogens is 407 g/mol. The maximum Gasteiger partial charge on any atom is 0.254 e. The van der Waals surface area contributed by atoms with Crippen LogP contribution < -0.4 is 5.32 Å². The highest BCUT2D eigenvalue weighted by Crippen LogP contribution is 2.31. The van der Waals surface area contributed by atoms with Gasteiger partial charge in [0.25, 0.3) is 5.91 Å². The number of benzene rings is 2. The van der Waals surface area contributed by atoms with Gasteiger partial charge in [0.05, 0.1) is 22.5 Å². The Kier molecular flexibility index (Phi) is 6.07. The first kappa shape index (κ1) is 21.4. The fraction of sp³-hybridized carbons (Fsp3) is 0.200. The maximum absolute atomic E-state index is 13.8. The molecular formula is C25H23FN4O2. The highest BCUT2D eigenvalue weighted by atomic mass is 19.1. The van der Waals surface area contributed by atoms with Crippen LogP contribution >= 0.6 is 0 Å². The van der Waals surface area contributed by atoms with Crippen LogP contribution in [0.25, 0.3) is 22.6 Å². The van der Waals surface area contributed by atoms with Gasteiger partial charge in [0.2, 0.25) is 0 Å². The third kappa shape index (κ3) is 4.56. The van der Waals surface area contributed by atoms with Crippen molar-refractivity contribution in [2.45, 2.75) is 33.2 Å². The SMILES string of the molecule is Cc1cc(-c2cnc(C(C)C)nc2-c2ccc(CNC(=O)c3ccccc3F)cc2)on1. The van der Waals surface area contributed by atoms with Crippen molar-refractivity contribution in [2.75, 3.05) is 0 Å². The molecule has 2 aromatic heterocycles. The maximum atomic E-state index is 13.8. The van der Waals surface area contributed by atoms with E-state index in [0.29, 0.717) is 5.76 Å². The Balaban J connectivity index is 1.57. The molecule has 6 nitrogen and oxygen atoms in total. The Labute approximate surface area is 185 Å². The van der Waals surface area contributed by atoms with Crippen molar-refractivity contribution in [3.05, 3.63) is 89.3 Å².